The molecule has 0 spiro atoms. The van der Waals surface area contributed by atoms with Gasteiger partial charge < -0.3 is 7.43 Å². The van der Waals surface area contributed by atoms with Gasteiger partial charge in [0, 0.05) is 17.1 Å². The van der Waals surface area contributed by atoms with E-state index in [1.54, 1.807) is 0 Å². The van der Waals surface area contributed by atoms with Crippen LogP contribution in [0.4, 0.5) is 0 Å². The van der Waals surface area contributed by atoms with Crippen molar-refractivity contribution in [2.45, 2.75) is 0 Å². The summed E-state index contributed by atoms with van der Waals surface area (Å²) in [6.45, 7) is 0. The molecular weight excluding hydrogens is 155 g/mol. The first-order valence-corrected chi connectivity index (χ1v) is 0.508. The molecule has 0 unspecified atom stereocenters. The van der Waals surface area contributed by atoms with Gasteiger partial charge in [-0.15, -0.1) is 0 Å². The first kappa shape index (κ1) is 21.1. The molecule has 0 aromatic rings. The van der Waals surface area contributed by atoms with Crippen LogP contribution in [0.2, 0.25) is 0 Å². The molecule has 1 nitrogen and oxygen atoms in total. The van der Waals surface area contributed by atoms with Crippen molar-refractivity contribution >= 4 is 0 Å². The van der Waals surface area contributed by atoms with E-state index in [1.165, 1.54) is 0 Å². The summed E-state index contributed by atoms with van der Waals surface area (Å²) in [5, 5.41) is 0. The molecule has 3 heteroatoms. The molecular formula is CH3Cu2O-. The van der Waals surface area contributed by atoms with Gasteiger partial charge in [0.15, 0.2) is 0 Å². The fourth-order valence-electron chi connectivity index (χ4n) is 0. The van der Waals surface area contributed by atoms with E-state index in [4.69, 9.17) is 3.83 Å². The molecule has 0 rings (SSSR count). The summed E-state index contributed by atoms with van der Waals surface area (Å²) in [6, 6.07) is 0. The van der Waals surface area contributed by atoms with Gasteiger partial charge in [0.05, 0.1) is 0 Å². The average Bonchev–Trinajstić information content (AvgIpc) is 1.00. The average molecular weight is 158 g/mol. The summed E-state index contributed by atoms with van der Waals surface area (Å²) in [5.74, 6) is 0. The predicted molar refractivity (Wildman–Crippen MR) is 7.10 cm³/mol. The van der Waals surface area contributed by atoms with E-state index in [9.17, 15) is 0 Å². The van der Waals surface area contributed by atoms with Gasteiger partial charge in [-0.25, -0.2) is 0 Å². The maximum atomic E-state index is 7.81. The third-order valence-electron chi connectivity index (χ3n) is 0. The monoisotopic (exact) mass is 157 g/mol. The molecule has 0 aromatic carbocycles. The Morgan fingerprint density at radius 3 is 1.25 bits per heavy atom. The van der Waals surface area contributed by atoms with Crippen LogP contribution in [0.1, 0.15) is 0 Å². The summed E-state index contributed by atoms with van der Waals surface area (Å²) < 4.78 is 7.81. The molecule has 1 radical (unpaired) electrons. The molecule has 0 atom stereocenters. The van der Waals surface area contributed by atoms with E-state index in [1.807, 2.05) is 0 Å². The Morgan fingerprint density at radius 2 is 1.25 bits per heavy atom. The van der Waals surface area contributed by atoms with Crippen molar-refractivity contribution in [3.05, 3.63) is 7.43 Å². The van der Waals surface area contributed by atoms with Crippen LogP contribution < -0.4 is 0 Å². The second kappa shape index (κ2) is 44.0. The van der Waals surface area contributed by atoms with E-state index < -0.39 is 0 Å². The molecule has 0 fully saturated rings. The first-order chi connectivity index (χ1) is 1.00. The van der Waals surface area contributed by atoms with Crippen molar-refractivity contribution < 1.29 is 36.8 Å². The second-order valence-corrected chi connectivity index (χ2v) is 0. The zero-order valence-electron chi connectivity index (χ0n) is 2.01. The molecule has 0 N–H and O–H groups in total. The van der Waals surface area contributed by atoms with Crippen LogP contribution >= 0.6 is 0 Å². The van der Waals surface area contributed by atoms with Crippen LogP contribution in [0, 0.1) is 7.43 Å². The topological polar surface area (TPSA) is 17.1 Å². The predicted octanol–water partition coefficient (Wildman–Crippen LogP) is 0.326. The van der Waals surface area contributed by atoms with Gasteiger partial charge in [-0.2, -0.15) is 0 Å². The normalized spacial score (nSPS) is 1.50. The third kappa shape index (κ3) is 13.6. The Bertz CT molecular complexity index is 6.00. The molecule has 0 aliphatic heterocycles. The summed E-state index contributed by atoms with van der Waals surface area (Å²) >= 11 is 2.94. The molecule has 0 bridgehead atoms. The van der Waals surface area contributed by atoms with Crippen molar-refractivity contribution in [1.29, 1.82) is 0 Å². The summed E-state index contributed by atoms with van der Waals surface area (Å²) in [7, 11) is 0. The van der Waals surface area contributed by atoms with E-state index in [0.717, 1.165) is 0 Å². The van der Waals surface area contributed by atoms with E-state index in [-0.39, 0.29) is 24.5 Å². The standard InChI is InChI=1S/CH3.2Cu.O/h1H3;;;/q-1;;;. The summed E-state index contributed by atoms with van der Waals surface area (Å²) in [6.07, 6.45) is 0. The molecule has 0 heterocycles. The van der Waals surface area contributed by atoms with Gasteiger partial charge in [-0.05, 0) is 0 Å². The molecule has 0 amide bonds. The van der Waals surface area contributed by atoms with Gasteiger partial charge in [0.1, 0.15) is 0 Å². The van der Waals surface area contributed by atoms with Gasteiger partial charge in [0.25, 0.3) is 0 Å². The van der Waals surface area contributed by atoms with Crippen molar-refractivity contribution in [2.75, 3.05) is 0 Å². The van der Waals surface area contributed by atoms with Crippen LogP contribution in [0.5, 0.6) is 0 Å². The Labute approximate surface area is 44.6 Å². The van der Waals surface area contributed by atoms with Crippen LogP contribution in [-0.4, -0.2) is 0 Å². The van der Waals surface area contributed by atoms with Crippen molar-refractivity contribution in [2.24, 2.45) is 0 Å². The fourth-order valence-corrected chi connectivity index (χ4v) is 0. The quantitative estimate of drug-likeness (QED) is 0.366. The van der Waals surface area contributed by atoms with Crippen LogP contribution in [0.15, 0.2) is 0 Å². The minimum absolute atomic E-state index is 0. The third-order valence-corrected chi connectivity index (χ3v) is 0. The van der Waals surface area contributed by atoms with Crippen molar-refractivity contribution in [3.63, 3.8) is 0 Å². The van der Waals surface area contributed by atoms with Gasteiger partial charge in [-0.1, -0.05) is 0 Å². The van der Waals surface area contributed by atoms with Gasteiger partial charge in [0.2, 0.25) is 0 Å². The molecule has 0 aliphatic carbocycles. The second-order valence-electron chi connectivity index (χ2n) is 0. The summed E-state index contributed by atoms with van der Waals surface area (Å²) in [4.78, 5) is 0. The van der Waals surface area contributed by atoms with E-state index in [0.29, 0.717) is 0 Å². The fraction of sp³-hybridized carbons (Fsp3) is 0. The molecule has 4 heavy (non-hydrogen) atoms. The van der Waals surface area contributed by atoms with Crippen LogP contribution in [0.25, 0.3) is 0 Å². The Hall–Kier alpha value is 0.839. The zero-order chi connectivity index (χ0) is 2.00. The van der Waals surface area contributed by atoms with Crippen molar-refractivity contribution in [1.82, 2.24) is 0 Å². The Kier molecular flexibility index (Phi) is 232. The van der Waals surface area contributed by atoms with Crippen LogP contribution in [-0.2, 0) is 36.8 Å². The molecule has 0 aromatic heterocycles. The van der Waals surface area contributed by atoms with Crippen LogP contribution in [0.3, 0.4) is 0 Å². The van der Waals surface area contributed by atoms with E-state index >= 15 is 0 Å². The number of hydrogen-bond acceptors (Lipinski definition) is 1. The van der Waals surface area contributed by atoms with E-state index in [2.05, 4.69) is 15.9 Å². The molecule has 36 valence electrons. The molecule has 0 saturated heterocycles. The zero-order valence-corrected chi connectivity index (χ0v) is 3.89. The van der Waals surface area contributed by atoms with Gasteiger partial charge in [-0.3, -0.25) is 0 Å². The first-order valence-electron chi connectivity index (χ1n) is 0.123. The minimum atomic E-state index is 0. The summed E-state index contributed by atoms with van der Waals surface area (Å²) in [5.41, 5.74) is 0. The van der Waals surface area contributed by atoms with Gasteiger partial charge >= 0.3 is 19.8 Å². The Morgan fingerprint density at radius 1 is 1.25 bits per heavy atom. The molecule has 0 aliphatic rings. The number of rotatable bonds is 0. The number of hydrogen-bond donors (Lipinski definition) is 0. The SMILES string of the molecule is [CH3-].[Cu].[O]=[Cu]. The Balaban J connectivity index is -0.00000000500. The van der Waals surface area contributed by atoms with Crippen molar-refractivity contribution in [3.8, 4) is 0 Å². The maximum absolute atomic E-state index is 7.81. The molecule has 0 saturated carbocycles.